The molecule has 0 saturated carbocycles. The third-order valence-electron chi connectivity index (χ3n) is 6.80. The van der Waals surface area contributed by atoms with Gasteiger partial charge in [-0.3, -0.25) is 0 Å². The van der Waals surface area contributed by atoms with E-state index in [9.17, 15) is 0 Å². The molecule has 2 rings (SSSR count). The fourth-order valence-corrected chi connectivity index (χ4v) is 4.34. The van der Waals surface area contributed by atoms with E-state index >= 15 is 0 Å². The van der Waals surface area contributed by atoms with Crippen molar-refractivity contribution in [3.8, 4) is 11.5 Å². The first-order valence-corrected chi connectivity index (χ1v) is 16.3. The highest BCUT2D eigenvalue weighted by molar-refractivity contribution is 5.19. The van der Waals surface area contributed by atoms with E-state index in [4.69, 9.17) is 14.9 Å². The van der Waals surface area contributed by atoms with Crippen LogP contribution in [-0.4, -0.2) is 23.4 Å². The summed E-state index contributed by atoms with van der Waals surface area (Å²) in [5.41, 5.74) is 0. The van der Waals surface area contributed by atoms with Gasteiger partial charge in [0.25, 0.3) is 0 Å². The van der Waals surface area contributed by atoms with Crippen LogP contribution in [0, 0.1) is 0 Å². The number of aromatic hydroxyl groups is 2. The Balaban J connectivity index is 0.000000818. The fraction of sp³-hybridized carbons (Fsp3) is 0.667. The molecule has 0 heterocycles. The van der Waals surface area contributed by atoms with Gasteiger partial charge in [0.15, 0.2) is 0 Å². The lowest BCUT2D eigenvalue weighted by molar-refractivity contribution is 0.125. The van der Waals surface area contributed by atoms with E-state index in [1.165, 1.54) is 128 Å². The molecule has 0 saturated heterocycles. The molecule has 0 unspecified atom stereocenters. The fourth-order valence-electron chi connectivity index (χ4n) is 4.34. The van der Waals surface area contributed by atoms with Crippen LogP contribution < -0.4 is 0 Å². The van der Waals surface area contributed by atoms with Gasteiger partial charge in [0.05, 0.1) is 0 Å². The van der Waals surface area contributed by atoms with Crippen molar-refractivity contribution < 1.29 is 14.9 Å². The maximum Gasteiger partial charge on any atom is 0.115 e. The summed E-state index contributed by atoms with van der Waals surface area (Å²) in [5, 5.41) is 17.3. The Morgan fingerprint density at radius 3 is 0.872 bits per heavy atom. The van der Waals surface area contributed by atoms with E-state index in [0.717, 1.165) is 13.2 Å². The van der Waals surface area contributed by atoms with Gasteiger partial charge in [0, 0.05) is 13.2 Å². The summed E-state index contributed by atoms with van der Waals surface area (Å²) in [4.78, 5) is 0. The minimum Gasteiger partial charge on any atom is -0.508 e. The number of hydrogen-bond acceptors (Lipinski definition) is 3. The molecule has 0 fully saturated rings. The third-order valence-corrected chi connectivity index (χ3v) is 6.80. The van der Waals surface area contributed by atoms with Gasteiger partial charge >= 0.3 is 0 Å². The second kappa shape index (κ2) is 32.2. The van der Waals surface area contributed by atoms with Crippen LogP contribution in [0.3, 0.4) is 0 Å². The van der Waals surface area contributed by atoms with Gasteiger partial charge in [0.2, 0.25) is 0 Å². The van der Waals surface area contributed by atoms with E-state index in [1.807, 2.05) is 12.1 Å². The van der Waals surface area contributed by atoms with Crippen LogP contribution in [0.4, 0.5) is 0 Å². The topological polar surface area (TPSA) is 49.7 Å². The largest absolute Gasteiger partial charge is 0.508 e. The summed E-state index contributed by atoms with van der Waals surface area (Å²) in [6, 6.07) is 17.4. The first kappa shape index (κ1) is 37.0. The Hall–Kier alpha value is -2.00. The van der Waals surface area contributed by atoms with E-state index < -0.39 is 0 Å². The molecule has 0 spiro atoms. The first-order chi connectivity index (χ1) is 19.2. The Morgan fingerprint density at radius 2 is 0.641 bits per heavy atom. The van der Waals surface area contributed by atoms with Gasteiger partial charge in [-0.05, 0) is 37.1 Å². The molecule has 224 valence electrons. The Labute approximate surface area is 242 Å². The Bertz CT molecular complexity index is 615. The first-order valence-electron chi connectivity index (χ1n) is 16.3. The summed E-state index contributed by atoms with van der Waals surface area (Å²) in [7, 11) is 0. The second-order valence-electron chi connectivity index (χ2n) is 10.6. The van der Waals surface area contributed by atoms with Crippen molar-refractivity contribution >= 4 is 0 Å². The number of phenols is 2. The number of para-hydroxylation sites is 2. The number of benzene rings is 2. The summed E-state index contributed by atoms with van der Waals surface area (Å²) in [5.74, 6) is 0.644. The summed E-state index contributed by atoms with van der Waals surface area (Å²) < 4.78 is 5.78. The van der Waals surface area contributed by atoms with Crippen molar-refractivity contribution in [3.63, 3.8) is 0 Å². The molecule has 2 aromatic carbocycles. The molecule has 0 aromatic heterocycles. The molecule has 2 N–H and O–H groups in total. The Morgan fingerprint density at radius 1 is 0.385 bits per heavy atom. The molecular formula is C36H62O3. The molecular weight excluding hydrogens is 480 g/mol. The third kappa shape index (κ3) is 32.1. The highest BCUT2D eigenvalue weighted by Gasteiger charge is 1.95. The summed E-state index contributed by atoms with van der Waals surface area (Å²) >= 11 is 0. The normalized spacial score (nSPS) is 10.3. The van der Waals surface area contributed by atoms with Gasteiger partial charge in [-0.25, -0.2) is 0 Å². The van der Waals surface area contributed by atoms with Crippen molar-refractivity contribution in [2.45, 2.75) is 142 Å². The highest BCUT2D eigenvalue weighted by atomic mass is 16.5. The maximum absolute atomic E-state index is 8.63. The molecule has 0 amide bonds. The monoisotopic (exact) mass is 542 g/mol. The highest BCUT2D eigenvalue weighted by Crippen LogP contribution is 2.12. The predicted molar refractivity (Wildman–Crippen MR) is 171 cm³/mol. The second-order valence-corrected chi connectivity index (χ2v) is 10.6. The molecule has 0 bridgehead atoms. The predicted octanol–water partition coefficient (Wildman–Crippen LogP) is 11.6. The van der Waals surface area contributed by atoms with Crippen LogP contribution in [0.5, 0.6) is 11.5 Å². The zero-order valence-corrected chi connectivity index (χ0v) is 25.6. The van der Waals surface area contributed by atoms with Crippen LogP contribution >= 0.6 is 0 Å². The summed E-state index contributed by atoms with van der Waals surface area (Å²) in [6.45, 7) is 6.57. The van der Waals surface area contributed by atoms with E-state index in [0.29, 0.717) is 11.5 Å². The van der Waals surface area contributed by atoms with Crippen LogP contribution in [0.25, 0.3) is 0 Å². The van der Waals surface area contributed by atoms with Crippen molar-refractivity contribution in [3.05, 3.63) is 60.7 Å². The van der Waals surface area contributed by atoms with Gasteiger partial charge < -0.3 is 14.9 Å². The van der Waals surface area contributed by atoms with Gasteiger partial charge in [-0.1, -0.05) is 166 Å². The molecule has 39 heavy (non-hydrogen) atoms. The average molecular weight is 543 g/mol. The lowest BCUT2D eigenvalue weighted by atomic mass is 10.1. The molecule has 3 heteroatoms. The SMILES string of the molecule is CCCCCCCCCCCCOCCCCCCCCCCCC.Oc1ccccc1.Oc1ccccc1. The zero-order chi connectivity index (χ0) is 28.5. The molecule has 0 aliphatic carbocycles. The molecule has 0 aliphatic heterocycles. The number of unbranched alkanes of at least 4 members (excludes halogenated alkanes) is 18. The van der Waals surface area contributed by atoms with Gasteiger partial charge in [-0.15, -0.1) is 0 Å². The minimum absolute atomic E-state index is 0.322. The maximum atomic E-state index is 8.63. The van der Waals surface area contributed by atoms with Crippen LogP contribution in [0.2, 0.25) is 0 Å². The zero-order valence-electron chi connectivity index (χ0n) is 25.6. The van der Waals surface area contributed by atoms with Crippen LogP contribution in [0.15, 0.2) is 60.7 Å². The molecule has 0 aliphatic rings. The number of rotatable bonds is 22. The van der Waals surface area contributed by atoms with Crippen molar-refractivity contribution in [2.24, 2.45) is 0 Å². The Kier molecular flexibility index (Phi) is 30.6. The number of ether oxygens (including phenoxy) is 1. The molecule has 2 aromatic rings. The standard InChI is InChI=1S/C24H50O.2C6H6O/c1-3-5-7-9-11-13-15-17-19-21-23-25-24-22-20-18-16-14-12-10-8-6-4-2;2*7-6-4-2-1-3-5-6/h3-24H2,1-2H3;2*1-5,7H. The van der Waals surface area contributed by atoms with Gasteiger partial charge in [-0.2, -0.15) is 0 Å². The smallest absolute Gasteiger partial charge is 0.115 e. The van der Waals surface area contributed by atoms with E-state index in [2.05, 4.69) is 13.8 Å². The van der Waals surface area contributed by atoms with Crippen LogP contribution in [0.1, 0.15) is 142 Å². The molecule has 0 atom stereocenters. The quantitative estimate of drug-likeness (QED) is 0.145. The van der Waals surface area contributed by atoms with E-state index in [-0.39, 0.29) is 0 Å². The van der Waals surface area contributed by atoms with Crippen molar-refractivity contribution in [1.82, 2.24) is 0 Å². The lowest BCUT2D eigenvalue weighted by Gasteiger charge is -2.05. The van der Waals surface area contributed by atoms with Gasteiger partial charge in [0.1, 0.15) is 11.5 Å². The van der Waals surface area contributed by atoms with Crippen molar-refractivity contribution in [1.29, 1.82) is 0 Å². The number of phenolic OH excluding ortho intramolecular Hbond substituents is 2. The average Bonchev–Trinajstić information content (AvgIpc) is 2.95. The van der Waals surface area contributed by atoms with Crippen molar-refractivity contribution in [2.75, 3.05) is 13.2 Å². The summed E-state index contributed by atoms with van der Waals surface area (Å²) in [6.07, 6.45) is 28.2. The van der Waals surface area contributed by atoms with Crippen LogP contribution in [-0.2, 0) is 4.74 Å². The van der Waals surface area contributed by atoms with E-state index in [1.54, 1.807) is 48.5 Å². The molecule has 3 nitrogen and oxygen atoms in total. The number of hydrogen-bond donors (Lipinski definition) is 2. The minimum atomic E-state index is 0.322. The lowest BCUT2D eigenvalue weighted by Crippen LogP contribution is -1.97. The molecule has 0 radical (unpaired) electrons.